The van der Waals surface area contributed by atoms with Crippen LogP contribution >= 0.6 is 0 Å². The number of hydrogen-bond donors (Lipinski definition) is 2. The largest absolute Gasteiger partial charge is 0.469 e. The van der Waals surface area contributed by atoms with Crippen molar-refractivity contribution in [1.82, 2.24) is 20.4 Å². The van der Waals surface area contributed by atoms with E-state index in [1.807, 2.05) is 19.1 Å². The number of nitrogens with zero attached hydrogens (tertiary/aromatic N) is 3. The van der Waals surface area contributed by atoms with Crippen LogP contribution in [-0.4, -0.2) is 80.4 Å². The molecular weight excluding hydrogens is 386 g/mol. The average Bonchev–Trinajstić information content (AvgIpc) is 3.15. The number of benzene rings is 1. The van der Waals surface area contributed by atoms with Gasteiger partial charge in [0.05, 0.1) is 19.6 Å². The van der Waals surface area contributed by atoms with E-state index in [0.717, 1.165) is 18.1 Å². The zero-order valence-electron chi connectivity index (χ0n) is 17.7. The van der Waals surface area contributed by atoms with Crippen LogP contribution in [0.1, 0.15) is 22.8 Å². The molecule has 9 heteroatoms. The number of piperazine rings is 1. The second-order valence-corrected chi connectivity index (χ2v) is 7.69. The van der Waals surface area contributed by atoms with Crippen LogP contribution in [0.15, 0.2) is 29.3 Å². The van der Waals surface area contributed by atoms with E-state index in [9.17, 15) is 14.4 Å². The molecule has 30 heavy (non-hydrogen) atoms. The fourth-order valence-corrected chi connectivity index (χ4v) is 3.87. The first-order valence-electron chi connectivity index (χ1n) is 10.1. The Balaban J connectivity index is 1.56. The molecule has 1 aromatic rings. The van der Waals surface area contributed by atoms with Gasteiger partial charge in [-0.15, -0.1) is 0 Å². The molecule has 3 rings (SSSR count). The molecule has 0 aliphatic carbocycles. The number of carbonyl (C=O) groups is 3. The second-order valence-electron chi connectivity index (χ2n) is 7.69. The van der Waals surface area contributed by atoms with Gasteiger partial charge in [-0.2, -0.15) is 0 Å². The van der Waals surface area contributed by atoms with E-state index in [1.165, 1.54) is 7.11 Å². The number of amides is 2. The zero-order chi connectivity index (χ0) is 21.7. The number of ether oxygens (including phenoxy) is 1. The molecule has 9 nitrogen and oxygen atoms in total. The van der Waals surface area contributed by atoms with Gasteiger partial charge in [-0.3, -0.25) is 19.4 Å². The fraction of sp³-hybridized carbons (Fsp3) is 0.524. The highest BCUT2D eigenvalue weighted by atomic mass is 16.5. The van der Waals surface area contributed by atoms with Gasteiger partial charge in [0, 0.05) is 45.3 Å². The Morgan fingerprint density at radius 1 is 1.23 bits per heavy atom. The van der Waals surface area contributed by atoms with Crippen molar-refractivity contribution in [3.05, 3.63) is 35.4 Å². The molecule has 2 aliphatic heterocycles. The second kappa shape index (κ2) is 9.60. The first kappa shape index (κ1) is 21.6. The van der Waals surface area contributed by atoms with Gasteiger partial charge in [0.15, 0.2) is 5.96 Å². The monoisotopic (exact) mass is 415 g/mol. The maximum atomic E-state index is 12.6. The molecule has 2 saturated heterocycles. The Morgan fingerprint density at radius 3 is 2.60 bits per heavy atom. The normalized spacial score (nSPS) is 22.0. The van der Waals surface area contributed by atoms with Crippen molar-refractivity contribution >= 4 is 23.7 Å². The average molecular weight is 415 g/mol. The molecule has 2 N–H and O–H groups in total. The van der Waals surface area contributed by atoms with Crippen molar-refractivity contribution in [1.29, 1.82) is 0 Å². The summed E-state index contributed by atoms with van der Waals surface area (Å²) < 4.78 is 4.90. The minimum absolute atomic E-state index is 0.0965. The van der Waals surface area contributed by atoms with Crippen LogP contribution in [0, 0.1) is 11.8 Å². The summed E-state index contributed by atoms with van der Waals surface area (Å²) in [6.45, 7) is 4.99. The summed E-state index contributed by atoms with van der Waals surface area (Å²) in [6.07, 6.45) is 0. The summed E-state index contributed by atoms with van der Waals surface area (Å²) in [5.74, 6) is 0.307. The summed E-state index contributed by atoms with van der Waals surface area (Å²) in [5.41, 5.74) is 1.56. The Labute approximate surface area is 176 Å². The zero-order valence-corrected chi connectivity index (χ0v) is 17.7. The van der Waals surface area contributed by atoms with Gasteiger partial charge >= 0.3 is 5.97 Å². The molecule has 2 amide bonds. The number of nitrogens with one attached hydrogen (secondary N) is 2. The molecule has 0 radical (unpaired) electrons. The van der Waals surface area contributed by atoms with Crippen molar-refractivity contribution in [2.75, 3.05) is 46.9 Å². The van der Waals surface area contributed by atoms with Crippen molar-refractivity contribution in [3.8, 4) is 0 Å². The summed E-state index contributed by atoms with van der Waals surface area (Å²) >= 11 is 0. The molecule has 2 fully saturated rings. The number of likely N-dealkylation sites (tertiary alicyclic amines) is 1. The van der Waals surface area contributed by atoms with E-state index in [1.54, 1.807) is 24.1 Å². The van der Waals surface area contributed by atoms with Crippen LogP contribution < -0.4 is 10.6 Å². The molecular formula is C21H29N5O4. The van der Waals surface area contributed by atoms with Crippen molar-refractivity contribution in [3.63, 3.8) is 0 Å². The topological polar surface area (TPSA) is 103 Å². The lowest BCUT2D eigenvalue weighted by Crippen LogP contribution is -2.49. The lowest BCUT2D eigenvalue weighted by molar-refractivity contribution is -0.146. The van der Waals surface area contributed by atoms with E-state index in [0.29, 0.717) is 31.7 Å². The molecule has 0 aromatic heterocycles. The molecule has 0 bridgehead atoms. The molecule has 0 spiro atoms. The lowest BCUT2D eigenvalue weighted by Gasteiger charge is -2.26. The molecule has 2 atom stereocenters. The van der Waals surface area contributed by atoms with Gasteiger partial charge in [-0.05, 0) is 23.6 Å². The van der Waals surface area contributed by atoms with Gasteiger partial charge in [-0.25, -0.2) is 0 Å². The van der Waals surface area contributed by atoms with Crippen LogP contribution in [0.2, 0.25) is 0 Å². The van der Waals surface area contributed by atoms with Crippen LogP contribution in [0.4, 0.5) is 0 Å². The van der Waals surface area contributed by atoms with E-state index in [-0.39, 0.29) is 36.2 Å². The standard InChI is InChI=1S/C21H29N5O4/c1-14-11-26(12-17(14)20(29)30-3)21(22-2)24-10-15-4-6-16(7-5-15)19(28)25-9-8-23-18(27)13-25/h4-7,14,17H,8-13H2,1-3H3,(H,22,24)(H,23,27). The molecule has 162 valence electrons. The SMILES string of the molecule is CN=C(NCc1ccc(C(=O)N2CCNC(=O)C2)cc1)N1CC(C)C(C(=O)OC)C1. The quantitative estimate of drug-likeness (QED) is 0.410. The number of hydrogen-bond acceptors (Lipinski definition) is 5. The summed E-state index contributed by atoms with van der Waals surface area (Å²) in [5, 5.41) is 6.04. The van der Waals surface area contributed by atoms with Crippen LogP contribution in [0.25, 0.3) is 0 Å². The predicted molar refractivity (Wildman–Crippen MR) is 112 cm³/mol. The molecule has 2 heterocycles. The highest BCUT2D eigenvalue weighted by Crippen LogP contribution is 2.24. The maximum Gasteiger partial charge on any atom is 0.310 e. The number of rotatable bonds is 4. The van der Waals surface area contributed by atoms with Gasteiger partial charge in [0.25, 0.3) is 5.91 Å². The number of carbonyl (C=O) groups excluding carboxylic acids is 3. The van der Waals surface area contributed by atoms with Gasteiger partial charge in [0.2, 0.25) is 5.91 Å². The maximum absolute atomic E-state index is 12.6. The number of methoxy groups -OCH3 is 1. The lowest BCUT2D eigenvalue weighted by atomic mass is 9.99. The van der Waals surface area contributed by atoms with Crippen LogP contribution in [-0.2, 0) is 20.9 Å². The number of aliphatic imine (C=N–C) groups is 1. The summed E-state index contributed by atoms with van der Waals surface area (Å²) in [6, 6.07) is 7.34. The first-order chi connectivity index (χ1) is 14.4. The number of esters is 1. The highest BCUT2D eigenvalue weighted by Gasteiger charge is 2.36. The van der Waals surface area contributed by atoms with E-state index < -0.39 is 0 Å². The third kappa shape index (κ3) is 4.90. The summed E-state index contributed by atoms with van der Waals surface area (Å²) in [7, 11) is 3.13. The van der Waals surface area contributed by atoms with Gasteiger partial charge < -0.3 is 25.2 Å². The highest BCUT2D eigenvalue weighted by molar-refractivity contribution is 5.97. The molecule has 2 aliphatic rings. The van der Waals surface area contributed by atoms with E-state index >= 15 is 0 Å². The first-order valence-corrected chi connectivity index (χ1v) is 10.1. The van der Waals surface area contributed by atoms with Crippen molar-refractivity contribution in [2.24, 2.45) is 16.8 Å². The minimum Gasteiger partial charge on any atom is -0.469 e. The van der Waals surface area contributed by atoms with Gasteiger partial charge in [0.1, 0.15) is 0 Å². The van der Waals surface area contributed by atoms with Crippen molar-refractivity contribution < 1.29 is 19.1 Å². The minimum atomic E-state index is -0.188. The van der Waals surface area contributed by atoms with E-state index in [2.05, 4.69) is 20.5 Å². The predicted octanol–water partition coefficient (Wildman–Crippen LogP) is 0.0749. The Bertz CT molecular complexity index is 823. The van der Waals surface area contributed by atoms with Crippen molar-refractivity contribution in [2.45, 2.75) is 13.5 Å². The van der Waals surface area contributed by atoms with Gasteiger partial charge in [-0.1, -0.05) is 19.1 Å². The molecule has 2 unspecified atom stereocenters. The fourth-order valence-electron chi connectivity index (χ4n) is 3.87. The van der Waals surface area contributed by atoms with Crippen LogP contribution in [0.3, 0.4) is 0 Å². The Morgan fingerprint density at radius 2 is 1.97 bits per heavy atom. The van der Waals surface area contributed by atoms with E-state index in [4.69, 9.17) is 4.74 Å². The van der Waals surface area contributed by atoms with Crippen LogP contribution in [0.5, 0.6) is 0 Å². The molecule has 0 saturated carbocycles. The third-order valence-electron chi connectivity index (χ3n) is 5.60. The third-order valence-corrected chi connectivity index (χ3v) is 5.60. The smallest absolute Gasteiger partial charge is 0.310 e. The number of guanidine groups is 1. The molecule has 1 aromatic carbocycles. The Hall–Kier alpha value is -3.10. The summed E-state index contributed by atoms with van der Waals surface area (Å²) in [4.78, 5) is 43.9. The Kier molecular flexibility index (Phi) is 6.91.